The van der Waals surface area contributed by atoms with Crippen molar-refractivity contribution < 1.29 is 9.53 Å². The molecule has 0 saturated heterocycles. The van der Waals surface area contributed by atoms with E-state index in [1.807, 2.05) is 54.6 Å². The number of rotatable bonds is 3. The molecule has 1 amide bonds. The summed E-state index contributed by atoms with van der Waals surface area (Å²) in [5.74, 6) is 0. The maximum atomic E-state index is 12.0. The number of aromatic nitrogens is 1. The lowest BCUT2D eigenvalue weighted by atomic mass is 10.1. The normalized spacial score (nSPS) is 10.0. The Morgan fingerprint density at radius 1 is 1.13 bits per heavy atom. The van der Waals surface area contributed by atoms with Crippen molar-refractivity contribution in [2.75, 3.05) is 5.32 Å². The molecule has 0 aliphatic carbocycles. The molecule has 0 aliphatic rings. The predicted molar refractivity (Wildman–Crippen MR) is 86.7 cm³/mol. The van der Waals surface area contributed by atoms with Gasteiger partial charge in [0, 0.05) is 5.39 Å². The first kappa shape index (κ1) is 14.5. The van der Waals surface area contributed by atoms with Gasteiger partial charge in [-0.05, 0) is 17.7 Å². The van der Waals surface area contributed by atoms with E-state index in [2.05, 4.69) is 10.3 Å². The molecule has 0 fully saturated rings. The highest BCUT2D eigenvalue weighted by atomic mass is 16.5. The number of carbonyl (C=O) groups is 1. The molecule has 0 atom stereocenters. The van der Waals surface area contributed by atoms with E-state index in [0.717, 1.165) is 10.9 Å². The monoisotopic (exact) mass is 303 g/mol. The molecule has 0 radical (unpaired) electrons. The molecule has 3 rings (SSSR count). The van der Waals surface area contributed by atoms with Crippen molar-refractivity contribution in [3.8, 4) is 6.07 Å². The molecule has 0 bridgehead atoms. The second-order valence-electron chi connectivity index (χ2n) is 4.87. The lowest BCUT2D eigenvalue weighted by Crippen LogP contribution is -2.14. The average Bonchev–Trinajstić information content (AvgIpc) is 2.60. The summed E-state index contributed by atoms with van der Waals surface area (Å²) >= 11 is 0. The van der Waals surface area contributed by atoms with Gasteiger partial charge < -0.3 is 4.74 Å². The third-order valence-corrected chi connectivity index (χ3v) is 3.28. The van der Waals surface area contributed by atoms with E-state index in [4.69, 9.17) is 10.00 Å². The van der Waals surface area contributed by atoms with Crippen molar-refractivity contribution in [1.29, 1.82) is 5.26 Å². The third-order valence-electron chi connectivity index (χ3n) is 3.28. The summed E-state index contributed by atoms with van der Waals surface area (Å²) in [6, 6.07) is 20.2. The number of amides is 1. The highest BCUT2D eigenvalue weighted by Crippen LogP contribution is 2.23. The van der Waals surface area contributed by atoms with E-state index in [1.54, 1.807) is 6.07 Å². The van der Waals surface area contributed by atoms with Crippen molar-refractivity contribution in [1.82, 2.24) is 4.98 Å². The zero-order valence-corrected chi connectivity index (χ0v) is 12.2. The largest absolute Gasteiger partial charge is 0.444 e. The van der Waals surface area contributed by atoms with E-state index in [0.29, 0.717) is 11.2 Å². The second kappa shape index (κ2) is 6.58. The van der Waals surface area contributed by atoms with Gasteiger partial charge in [0.2, 0.25) is 0 Å². The van der Waals surface area contributed by atoms with Crippen LogP contribution in [0, 0.1) is 11.3 Å². The molecule has 0 unspecified atom stereocenters. The first-order valence-corrected chi connectivity index (χ1v) is 7.04. The molecule has 1 N–H and O–H groups in total. The number of para-hydroxylation sites is 1. The summed E-state index contributed by atoms with van der Waals surface area (Å²) in [7, 11) is 0. The number of pyridine rings is 1. The van der Waals surface area contributed by atoms with Crippen molar-refractivity contribution in [2.45, 2.75) is 6.61 Å². The van der Waals surface area contributed by atoms with E-state index in [-0.39, 0.29) is 12.3 Å². The number of hydrogen-bond donors (Lipinski definition) is 1. The van der Waals surface area contributed by atoms with Gasteiger partial charge in [-0.1, -0.05) is 48.5 Å². The molecular formula is C18H13N3O2. The molecule has 23 heavy (non-hydrogen) atoms. The van der Waals surface area contributed by atoms with Gasteiger partial charge in [0.25, 0.3) is 0 Å². The Kier molecular flexibility index (Phi) is 4.16. The van der Waals surface area contributed by atoms with Crippen LogP contribution >= 0.6 is 0 Å². The maximum absolute atomic E-state index is 12.0. The molecule has 0 aliphatic heterocycles. The third kappa shape index (κ3) is 3.44. The van der Waals surface area contributed by atoms with Gasteiger partial charge in [-0.3, -0.25) is 5.32 Å². The van der Waals surface area contributed by atoms with Crippen LogP contribution in [0.25, 0.3) is 10.9 Å². The van der Waals surface area contributed by atoms with E-state index >= 15 is 0 Å². The van der Waals surface area contributed by atoms with Gasteiger partial charge in [-0.25, -0.2) is 9.78 Å². The number of nitrogens with one attached hydrogen (secondary N) is 1. The fraction of sp³-hybridized carbons (Fsp3) is 0.0556. The van der Waals surface area contributed by atoms with Gasteiger partial charge in [0.05, 0.1) is 11.2 Å². The molecule has 3 aromatic rings. The summed E-state index contributed by atoms with van der Waals surface area (Å²) in [6.07, 6.45) is -0.575. The first-order chi connectivity index (χ1) is 11.3. The van der Waals surface area contributed by atoms with Crippen molar-refractivity contribution >= 4 is 22.7 Å². The van der Waals surface area contributed by atoms with Gasteiger partial charge in [0.15, 0.2) is 0 Å². The van der Waals surface area contributed by atoms with Crippen LogP contribution in [-0.4, -0.2) is 11.1 Å². The molecular weight excluding hydrogens is 290 g/mol. The molecule has 5 nitrogen and oxygen atoms in total. The topological polar surface area (TPSA) is 75.0 Å². The minimum absolute atomic E-state index is 0.181. The zero-order valence-electron chi connectivity index (χ0n) is 12.2. The summed E-state index contributed by atoms with van der Waals surface area (Å²) in [5, 5.41) is 12.5. The minimum atomic E-state index is -0.575. The van der Waals surface area contributed by atoms with Crippen LogP contribution in [0.15, 0.2) is 60.7 Å². The number of fused-ring (bicyclic) bond motifs is 1. The smallest absolute Gasteiger partial charge is 0.411 e. The number of ether oxygens (including phenoxy) is 1. The summed E-state index contributed by atoms with van der Waals surface area (Å²) < 4.78 is 5.20. The first-order valence-electron chi connectivity index (χ1n) is 7.04. The van der Waals surface area contributed by atoms with E-state index in [9.17, 15) is 4.79 Å². The lowest BCUT2D eigenvalue weighted by Gasteiger charge is -2.10. The number of nitrogens with zero attached hydrogens (tertiary/aromatic N) is 2. The number of carbonyl (C=O) groups excluding carboxylic acids is 1. The Morgan fingerprint density at radius 3 is 2.65 bits per heavy atom. The predicted octanol–water partition coefficient (Wildman–Crippen LogP) is 3.86. The van der Waals surface area contributed by atoms with Crippen LogP contribution in [0.3, 0.4) is 0 Å². The minimum Gasteiger partial charge on any atom is -0.444 e. The lowest BCUT2D eigenvalue weighted by molar-refractivity contribution is 0.155. The molecule has 0 saturated carbocycles. The Labute approximate surface area is 133 Å². The van der Waals surface area contributed by atoms with Gasteiger partial charge in [-0.15, -0.1) is 0 Å². The number of hydrogen-bond acceptors (Lipinski definition) is 4. The summed E-state index contributed by atoms with van der Waals surface area (Å²) in [4.78, 5) is 16.2. The van der Waals surface area contributed by atoms with Crippen LogP contribution in [0.5, 0.6) is 0 Å². The second-order valence-corrected chi connectivity index (χ2v) is 4.87. The fourth-order valence-corrected chi connectivity index (χ4v) is 2.21. The molecule has 5 heteroatoms. The number of benzene rings is 2. The van der Waals surface area contributed by atoms with Crippen molar-refractivity contribution in [3.63, 3.8) is 0 Å². The van der Waals surface area contributed by atoms with Crippen molar-refractivity contribution in [2.24, 2.45) is 0 Å². The standard InChI is InChI=1S/C18H13N3O2/c19-11-14-10-17(15-8-4-5-9-16(15)20-14)21-18(22)23-12-13-6-2-1-3-7-13/h1-10H,12H2,(H,20,21,22). The molecule has 1 heterocycles. The Morgan fingerprint density at radius 2 is 1.87 bits per heavy atom. The highest BCUT2D eigenvalue weighted by molar-refractivity contribution is 5.98. The maximum Gasteiger partial charge on any atom is 0.411 e. The van der Waals surface area contributed by atoms with Gasteiger partial charge >= 0.3 is 6.09 Å². The molecule has 0 spiro atoms. The Balaban J connectivity index is 1.78. The molecule has 1 aromatic heterocycles. The molecule has 2 aromatic carbocycles. The van der Waals surface area contributed by atoms with Gasteiger partial charge in [-0.2, -0.15) is 5.26 Å². The zero-order chi connectivity index (χ0) is 16.1. The van der Waals surface area contributed by atoms with Crippen LogP contribution in [0.1, 0.15) is 11.3 Å². The van der Waals surface area contributed by atoms with Crippen LogP contribution in [0.4, 0.5) is 10.5 Å². The van der Waals surface area contributed by atoms with E-state index in [1.165, 1.54) is 6.07 Å². The SMILES string of the molecule is N#Cc1cc(NC(=O)OCc2ccccc2)c2ccccc2n1. The van der Waals surface area contributed by atoms with Crippen molar-refractivity contribution in [3.05, 3.63) is 71.9 Å². The summed E-state index contributed by atoms with van der Waals surface area (Å²) in [6.45, 7) is 0.181. The quantitative estimate of drug-likeness (QED) is 0.797. The van der Waals surface area contributed by atoms with Crippen LogP contribution in [-0.2, 0) is 11.3 Å². The Bertz CT molecular complexity index is 886. The van der Waals surface area contributed by atoms with Crippen LogP contribution < -0.4 is 5.32 Å². The highest BCUT2D eigenvalue weighted by Gasteiger charge is 2.09. The fourth-order valence-electron chi connectivity index (χ4n) is 2.21. The Hall–Kier alpha value is -3.39. The van der Waals surface area contributed by atoms with Crippen LogP contribution in [0.2, 0.25) is 0 Å². The summed E-state index contributed by atoms with van der Waals surface area (Å²) in [5.41, 5.74) is 2.29. The number of anilines is 1. The average molecular weight is 303 g/mol. The molecule has 112 valence electrons. The van der Waals surface area contributed by atoms with E-state index < -0.39 is 6.09 Å². The number of nitriles is 1. The van der Waals surface area contributed by atoms with Gasteiger partial charge in [0.1, 0.15) is 18.4 Å².